The Labute approximate surface area is 198 Å². The summed E-state index contributed by atoms with van der Waals surface area (Å²) in [6, 6.07) is 36.1. The molecule has 2 heteroatoms. The van der Waals surface area contributed by atoms with E-state index in [1.165, 1.54) is 64.1 Å². The van der Waals surface area contributed by atoms with Crippen LogP contribution in [0.3, 0.4) is 0 Å². The van der Waals surface area contributed by atoms with Crippen LogP contribution in [-0.4, -0.2) is 32.6 Å². The van der Waals surface area contributed by atoms with Crippen molar-refractivity contribution in [3.05, 3.63) is 119 Å². The zero-order valence-electron chi connectivity index (χ0n) is 16.9. The second-order valence-electron chi connectivity index (χ2n) is 8.58. The molecule has 0 atom stereocenters. The van der Waals surface area contributed by atoms with E-state index in [4.69, 9.17) is 0 Å². The van der Waals surface area contributed by atoms with Crippen molar-refractivity contribution in [2.45, 2.75) is 5.41 Å². The molecule has 1 spiro atoms. The molecule has 0 saturated carbocycles. The third kappa shape index (κ3) is 2.12. The monoisotopic (exact) mass is 418 g/mol. The molecule has 0 heterocycles. The molecule has 5 aromatic carbocycles. The fourth-order valence-corrected chi connectivity index (χ4v) is 6.72. The van der Waals surface area contributed by atoms with Crippen molar-refractivity contribution in [1.82, 2.24) is 0 Å². The van der Waals surface area contributed by atoms with Gasteiger partial charge in [0.2, 0.25) is 0 Å². The third-order valence-electron chi connectivity index (χ3n) is 7.15. The van der Waals surface area contributed by atoms with E-state index in [9.17, 15) is 0 Å². The molecular formula is C29H16Al2. The van der Waals surface area contributed by atoms with Gasteiger partial charge in [0.05, 0.1) is 5.41 Å². The zero-order chi connectivity index (χ0) is 20.7. The van der Waals surface area contributed by atoms with E-state index in [-0.39, 0.29) is 5.41 Å². The minimum atomic E-state index is -0.278. The molecule has 0 aromatic heterocycles. The number of hydrogen-bond donors (Lipinski definition) is 0. The van der Waals surface area contributed by atoms with Gasteiger partial charge >= 0.3 is 0 Å². The van der Waals surface area contributed by atoms with Crippen LogP contribution in [0.2, 0.25) is 0 Å². The van der Waals surface area contributed by atoms with Gasteiger partial charge in [-0.05, 0) is 55.3 Å². The fraction of sp³-hybridized carbons (Fsp3) is 0.0345. The van der Waals surface area contributed by atoms with E-state index in [0.717, 1.165) is 0 Å². The number of fused-ring (bicyclic) bond motifs is 12. The molecule has 31 heavy (non-hydrogen) atoms. The number of benzene rings is 5. The summed E-state index contributed by atoms with van der Waals surface area (Å²) in [5.74, 6) is 0. The van der Waals surface area contributed by atoms with Crippen molar-refractivity contribution in [2.75, 3.05) is 0 Å². The first-order chi connectivity index (χ1) is 15.2. The molecule has 0 bridgehead atoms. The molecule has 0 unspecified atom stereocenters. The van der Waals surface area contributed by atoms with Crippen molar-refractivity contribution in [3.63, 3.8) is 0 Å². The van der Waals surface area contributed by atoms with Gasteiger partial charge < -0.3 is 0 Å². The molecule has 0 amide bonds. The predicted octanol–water partition coefficient (Wildman–Crippen LogP) is 4.77. The van der Waals surface area contributed by atoms with Crippen LogP contribution in [-0.2, 0) is 5.41 Å². The van der Waals surface area contributed by atoms with E-state index in [2.05, 4.69) is 130 Å². The largest absolute Gasteiger partial charge is 0.176 e. The smallest absolute Gasteiger partial charge is 0.138 e. The highest BCUT2D eigenvalue weighted by Gasteiger charge is 2.51. The summed E-state index contributed by atoms with van der Waals surface area (Å²) in [6.07, 6.45) is 0. The predicted molar refractivity (Wildman–Crippen MR) is 131 cm³/mol. The van der Waals surface area contributed by atoms with Crippen LogP contribution in [0, 0.1) is 0 Å². The summed E-state index contributed by atoms with van der Waals surface area (Å²) in [5, 5.41) is 2.64. The summed E-state index contributed by atoms with van der Waals surface area (Å²) in [7, 11) is 0. The number of rotatable bonds is 0. The highest BCUT2D eigenvalue weighted by atomic mass is 27.1. The molecular weight excluding hydrogens is 402 g/mol. The average Bonchev–Trinajstić information content (AvgIpc) is 3.26. The lowest BCUT2D eigenvalue weighted by molar-refractivity contribution is 0.796. The molecule has 0 nitrogen and oxygen atoms in total. The molecule has 138 valence electrons. The maximum absolute atomic E-state index is 2.99. The maximum Gasteiger partial charge on any atom is 0.176 e. The fourth-order valence-electron chi connectivity index (χ4n) is 6.04. The van der Waals surface area contributed by atoms with Gasteiger partial charge in [-0.15, -0.1) is 8.85 Å². The van der Waals surface area contributed by atoms with Crippen LogP contribution in [0.25, 0.3) is 33.0 Å². The van der Waals surface area contributed by atoms with Crippen LogP contribution in [0.1, 0.15) is 22.3 Å². The SMILES string of the molecule is [Al][c]1ccc2c(c1)C1(c3ccccc3-c3ccccc31)c1c[c]([Al])c3ccccc3c1-2. The van der Waals surface area contributed by atoms with E-state index >= 15 is 0 Å². The molecule has 2 aliphatic rings. The molecule has 4 radical (unpaired) electrons. The Hall–Kier alpha value is -2.58. The van der Waals surface area contributed by atoms with Gasteiger partial charge in [0.1, 0.15) is 0 Å². The first-order valence-electron chi connectivity index (χ1n) is 10.6. The molecule has 2 aliphatic carbocycles. The highest BCUT2D eigenvalue weighted by molar-refractivity contribution is 6.40. The Morgan fingerprint density at radius 1 is 0.484 bits per heavy atom. The van der Waals surface area contributed by atoms with Crippen LogP contribution < -0.4 is 8.85 Å². The van der Waals surface area contributed by atoms with Crippen LogP contribution in [0.15, 0.2) is 97.1 Å². The molecule has 0 N–H and O–H groups in total. The molecule has 0 saturated heterocycles. The van der Waals surface area contributed by atoms with Gasteiger partial charge in [0, 0.05) is 0 Å². The lowest BCUT2D eigenvalue weighted by Crippen LogP contribution is -2.28. The standard InChI is InChI=1S/C29H16.2Al/c1-2-10-20-19(9-1)17-18-27-28(20)23-13-5-8-16-26(23)29(27)24-14-6-3-11-21(24)22-12-4-7-15-25(22)29;;/h1-7,9-16,18H;;. The summed E-state index contributed by atoms with van der Waals surface area (Å²) in [6.45, 7) is 0. The molecule has 0 fully saturated rings. The molecule has 5 aromatic rings. The topological polar surface area (TPSA) is 0 Å². The minimum absolute atomic E-state index is 0.278. The second kappa shape index (κ2) is 6.23. The van der Waals surface area contributed by atoms with E-state index in [1.807, 2.05) is 0 Å². The minimum Gasteiger partial charge on any atom is -0.138 e. The number of hydrogen-bond acceptors (Lipinski definition) is 0. The van der Waals surface area contributed by atoms with Crippen LogP contribution >= 0.6 is 0 Å². The summed E-state index contributed by atoms with van der Waals surface area (Å²) >= 11 is 5.90. The van der Waals surface area contributed by atoms with Crippen molar-refractivity contribution in [1.29, 1.82) is 0 Å². The first kappa shape index (κ1) is 18.0. The Balaban J connectivity index is 1.77. The highest BCUT2D eigenvalue weighted by Crippen LogP contribution is 2.63. The lowest BCUT2D eigenvalue weighted by Gasteiger charge is -2.31. The summed E-state index contributed by atoms with van der Waals surface area (Å²) in [4.78, 5) is 0. The maximum atomic E-state index is 2.99. The van der Waals surface area contributed by atoms with Gasteiger partial charge in [0.25, 0.3) is 0 Å². The molecule has 7 rings (SSSR count). The summed E-state index contributed by atoms with van der Waals surface area (Å²) < 4.78 is 2.48. The van der Waals surface area contributed by atoms with Crippen molar-refractivity contribution in [2.24, 2.45) is 0 Å². The van der Waals surface area contributed by atoms with E-state index in [0.29, 0.717) is 0 Å². The van der Waals surface area contributed by atoms with E-state index < -0.39 is 0 Å². The van der Waals surface area contributed by atoms with Crippen LogP contribution in [0.5, 0.6) is 0 Å². The van der Waals surface area contributed by atoms with Gasteiger partial charge in [-0.25, -0.2) is 0 Å². The van der Waals surface area contributed by atoms with E-state index in [1.54, 1.807) is 0 Å². The molecule has 0 aliphatic heterocycles. The van der Waals surface area contributed by atoms with Gasteiger partial charge in [0.15, 0.2) is 32.6 Å². The normalized spacial score (nSPS) is 14.3. The Morgan fingerprint density at radius 2 is 1.10 bits per heavy atom. The second-order valence-corrected chi connectivity index (χ2v) is 9.87. The van der Waals surface area contributed by atoms with Gasteiger partial charge in [-0.2, -0.15) is 0 Å². The van der Waals surface area contributed by atoms with Gasteiger partial charge in [-0.1, -0.05) is 97.1 Å². The van der Waals surface area contributed by atoms with Gasteiger partial charge in [-0.3, -0.25) is 0 Å². The van der Waals surface area contributed by atoms with Crippen molar-refractivity contribution < 1.29 is 0 Å². The van der Waals surface area contributed by atoms with Crippen molar-refractivity contribution >= 4 is 52.2 Å². The summed E-state index contributed by atoms with van der Waals surface area (Å²) in [5.41, 5.74) is 10.8. The average molecular weight is 418 g/mol. The zero-order valence-corrected chi connectivity index (χ0v) is 19.2. The quantitative estimate of drug-likeness (QED) is 0.311. The van der Waals surface area contributed by atoms with Crippen LogP contribution in [0.4, 0.5) is 0 Å². The Kier molecular flexibility index (Phi) is 3.63. The van der Waals surface area contributed by atoms with Crippen molar-refractivity contribution in [3.8, 4) is 22.3 Å². The third-order valence-corrected chi connectivity index (χ3v) is 7.99. The first-order valence-corrected chi connectivity index (χ1v) is 11.8. The Bertz CT molecular complexity index is 1520. The Morgan fingerprint density at radius 3 is 1.81 bits per heavy atom. The lowest BCUT2D eigenvalue weighted by atomic mass is 9.70.